The van der Waals surface area contributed by atoms with E-state index in [2.05, 4.69) is 25.6 Å². The van der Waals surface area contributed by atoms with Crippen LogP contribution in [-0.2, 0) is 11.2 Å². The van der Waals surface area contributed by atoms with E-state index in [1.807, 2.05) is 30.3 Å². The number of alkyl halides is 2. The van der Waals surface area contributed by atoms with Gasteiger partial charge >= 0.3 is 6.61 Å². The third-order valence-corrected chi connectivity index (χ3v) is 4.58. The van der Waals surface area contributed by atoms with E-state index in [1.165, 1.54) is 23.9 Å². The van der Waals surface area contributed by atoms with Crippen molar-refractivity contribution in [1.82, 2.24) is 25.5 Å². The van der Waals surface area contributed by atoms with Crippen LogP contribution in [-0.4, -0.2) is 45.0 Å². The summed E-state index contributed by atoms with van der Waals surface area (Å²) in [4.78, 5) is 12.0. The summed E-state index contributed by atoms with van der Waals surface area (Å²) in [5, 5.41) is 14.9. The molecule has 146 valence electrons. The average molecular weight is 405 g/mol. The zero-order valence-corrected chi connectivity index (χ0v) is 15.5. The largest absolute Gasteiger partial charge is 0.435 e. The van der Waals surface area contributed by atoms with Crippen LogP contribution in [0.5, 0.6) is 5.75 Å². The fourth-order valence-corrected chi connectivity index (χ4v) is 3.09. The van der Waals surface area contributed by atoms with Crippen molar-refractivity contribution in [3.63, 3.8) is 0 Å². The number of carbonyl (C=O) groups is 1. The number of thioether (sulfide) groups is 1. The van der Waals surface area contributed by atoms with Crippen LogP contribution in [0.15, 0.2) is 59.8 Å². The second kappa shape index (κ2) is 9.79. The zero-order valence-electron chi connectivity index (χ0n) is 14.7. The van der Waals surface area contributed by atoms with Gasteiger partial charge in [0.15, 0.2) is 0 Å². The van der Waals surface area contributed by atoms with Crippen molar-refractivity contribution in [3.05, 3.63) is 60.2 Å². The van der Waals surface area contributed by atoms with Gasteiger partial charge in [-0.2, -0.15) is 13.5 Å². The summed E-state index contributed by atoms with van der Waals surface area (Å²) in [6.45, 7) is -2.41. The number of nitrogens with zero attached hydrogens (tertiary/aromatic N) is 4. The van der Waals surface area contributed by atoms with Gasteiger partial charge in [0.2, 0.25) is 11.1 Å². The Hall–Kier alpha value is -3.01. The number of rotatable bonds is 9. The molecule has 0 saturated carbocycles. The van der Waals surface area contributed by atoms with Gasteiger partial charge < -0.3 is 10.1 Å². The maximum Gasteiger partial charge on any atom is 0.387 e. The number of halogens is 2. The summed E-state index contributed by atoms with van der Waals surface area (Å²) in [5.74, 6) is 0.134. The number of tetrazole rings is 1. The number of ether oxygens (including phenoxy) is 1. The second-order valence-electron chi connectivity index (χ2n) is 5.62. The molecule has 0 aliphatic rings. The SMILES string of the molecule is O=C(CSc1nnnn1-c1ccccc1)NCCc1ccc(OC(F)F)cc1. The molecular weight excluding hydrogens is 388 g/mol. The highest BCUT2D eigenvalue weighted by atomic mass is 32.2. The van der Waals surface area contributed by atoms with Crippen molar-refractivity contribution in [2.24, 2.45) is 0 Å². The van der Waals surface area contributed by atoms with Crippen molar-refractivity contribution in [2.75, 3.05) is 12.3 Å². The van der Waals surface area contributed by atoms with E-state index >= 15 is 0 Å². The highest BCUT2D eigenvalue weighted by Crippen LogP contribution is 2.18. The summed E-state index contributed by atoms with van der Waals surface area (Å²) < 4.78 is 30.1. The van der Waals surface area contributed by atoms with Crippen LogP contribution in [0.2, 0.25) is 0 Å². The standard InChI is InChI=1S/C18H17F2N5O2S/c19-17(20)27-15-8-6-13(7-9-15)10-11-21-16(26)12-28-18-22-23-24-25(18)14-4-2-1-3-5-14/h1-9,17H,10-12H2,(H,21,26). The summed E-state index contributed by atoms with van der Waals surface area (Å²) in [6.07, 6.45) is 0.577. The van der Waals surface area contributed by atoms with Gasteiger partial charge in [-0.15, -0.1) is 5.10 Å². The smallest absolute Gasteiger partial charge is 0.387 e. The molecule has 0 radical (unpaired) electrons. The highest BCUT2D eigenvalue weighted by Gasteiger charge is 2.11. The Labute approximate surface area is 164 Å². The summed E-state index contributed by atoms with van der Waals surface area (Å²) in [6, 6.07) is 15.7. The average Bonchev–Trinajstić information content (AvgIpc) is 3.17. The molecule has 0 atom stereocenters. The van der Waals surface area contributed by atoms with Crippen LogP contribution in [0.25, 0.3) is 5.69 Å². The Bertz CT molecular complexity index is 891. The van der Waals surface area contributed by atoms with Crippen LogP contribution < -0.4 is 10.1 Å². The molecule has 1 N–H and O–H groups in total. The zero-order chi connectivity index (χ0) is 19.8. The van der Waals surface area contributed by atoms with Gasteiger partial charge in [0.25, 0.3) is 0 Å². The number of nitrogens with one attached hydrogen (secondary N) is 1. The fraction of sp³-hybridized carbons (Fsp3) is 0.222. The number of benzene rings is 2. The van der Waals surface area contributed by atoms with E-state index in [-0.39, 0.29) is 17.4 Å². The topological polar surface area (TPSA) is 81.9 Å². The van der Waals surface area contributed by atoms with E-state index in [0.29, 0.717) is 18.1 Å². The molecule has 10 heteroatoms. The minimum absolute atomic E-state index is 0.107. The van der Waals surface area contributed by atoms with Gasteiger partial charge in [0, 0.05) is 6.54 Å². The first-order valence-corrected chi connectivity index (χ1v) is 9.37. The molecule has 3 aromatic rings. The lowest BCUT2D eigenvalue weighted by atomic mass is 10.1. The fourth-order valence-electron chi connectivity index (χ4n) is 2.37. The van der Waals surface area contributed by atoms with Gasteiger partial charge in [-0.25, -0.2) is 0 Å². The monoisotopic (exact) mass is 405 g/mol. The summed E-state index contributed by atoms with van der Waals surface area (Å²) >= 11 is 1.24. The van der Waals surface area contributed by atoms with Crippen molar-refractivity contribution >= 4 is 17.7 Å². The van der Waals surface area contributed by atoms with Crippen LogP contribution >= 0.6 is 11.8 Å². The molecule has 3 rings (SSSR count). The number of para-hydroxylation sites is 1. The van der Waals surface area contributed by atoms with Crippen LogP contribution in [0, 0.1) is 0 Å². The lowest BCUT2D eigenvalue weighted by Crippen LogP contribution is -2.27. The Balaban J connectivity index is 1.43. The number of amides is 1. The minimum atomic E-state index is -2.84. The Morgan fingerprint density at radius 2 is 1.89 bits per heavy atom. The molecule has 28 heavy (non-hydrogen) atoms. The third kappa shape index (κ3) is 5.74. The van der Waals surface area contributed by atoms with E-state index in [4.69, 9.17) is 0 Å². The van der Waals surface area contributed by atoms with Crippen molar-refractivity contribution in [3.8, 4) is 11.4 Å². The molecule has 0 spiro atoms. The molecule has 0 saturated heterocycles. The lowest BCUT2D eigenvalue weighted by Gasteiger charge is -2.07. The molecule has 7 nitrogen and oxygen atoms in total. The number of hydrogen-bond acceptors (Lipinski definition) is 6. The molecule has 2 aromatic carbocycles. The van der Waals surface area contributed by atoms with Gasteiger partial charge in [-0.1, -0.05) is 42.1 Å². The van der Waals surface area contributed by atoms with E-state index in [0.717, 1.165) is 11.3 Å². The molecule has 0 bridgehead atoms. The first-order chi connectivity index (χ1) is 13.6. The maximum absolute atomic E-state index is 12.1. The maximum atomic E-state index is 12.1. The van der Waals surface area contributed by atoms with Gasteiger partial charge in [0.1, 0.15) is 5.75 Å². The number of hydrogen-bond donors (Lipinski definition) is 1. The highest BCUT2D eigenvalue weighted by molar-refractivity contribution is 7.99. The van der Waals surface area contributed by atoms with Crippen molar-refractivity contribution < 1.29 is 18.3 Å². The molecular formula is C18H17F2N5O2S. The summed E-state index contributed by atoms with van der Waals surface area (Å²) in [5.41, 5.74) is 1.72. The minimum Gasteiger partial charge on any atom is -0.435 e. The first kappa shape index (κ1) is 19.7. The number of aromatic nitrogens is 4. The quantitative estimate of drug-likeness (QED) is 0.552. The molecule has 0 unspecified atom stereocenters. The lowest BCUT2D eigenvalue weighted by molar-refractivity contribution is -0.118. The molecule has 0 fully saturated rings. The van der Waals surface area contributed by atoms with E-state index in [9.17, 15) is 13.6 Å². The second-order valence-corrected chi connectivity index (χ2v) is 6.56. The van der Waals surface area contributed by atoms with Gasteiger partial charge in [-0.3, -0.25) is 4.79 Å². The predicted octanol–water partition coefficient (Wildman–Crippen LogP) is 2.71. The van der Waals surface area contributed by atoms with Crippen LogP contribution in [0.4, 0.5) is 8.78 Å². The van der Waals surface area contributed by atoms with Crippen molar-refractivity contribution in [1.29, 1.82) is 0 Å². The molecule has 1 amide bonds. The predicted molar refractivity (Wildman–Crippen MR) is 99.7 cm³/mol. The number of carbonyl (C=O) groups excluding carboxylic acids is 1. The van der Waals surface area contributed by atoms with Gasteiger partial charge in [-0.05, 0) is 46.7 Å². The van der Waals surface area contributed by atoms with Crippen molar-refractivity contribution in [2.45, 2.75) is 18.2 Å². The molecule has 0 aliphatic heterocycles. The third-order valence-electron chi connectivity index (χ3n) is 3.66. The molecule has 0 aliphatic carbocycles. The molecule has 1 heterocycles. The molecule has 1 aromatic heterocycles. The Morgan fingerprint density at radius 3 is 2.61 bits per heavy atom. The Kier molecular flexibility index (Phi) is 6.90. The van der Waals surface area contributed by atoms with E-state index in [1.54, 1.807) is 16.8 Å². The Morgan fingerprint density at radius 1 is 1.14 bits per heavy atom. The van der Waals surface area contributed by atoms with Gasteiger partial charge in [0.05, 0.1) is 11.4 Å². The summed E-state index contributed by atoms with van der Waals surface area (Å²) in [7, 11) is 0. The van der Waals surface area contributed by atoms with E-state index < -0.39 is 6.61 Å². The normalized spacial score (nSPS) is 10.8. The van der Waals surface area contributed by atoms with Crippen LogP contribution in [0.1, 0.15) is 5.56 Å². The van der Waals surface area contributed by atoms with Crippen LogP contribution in [0.3, 0.4) is 0 Å². The first-order valence-electron chi connectivity index (χ1n) is 8.39.